The van der Waals surface area contributed by atoms with Crippen LogP contribution in [-0.2, 0) is 26.2 Å². The number of esters is 1. The molecule has 0 bridgehead atoms. The number of hydrogen-bond acceptors (Lipinski definition) is 5. The molecule has 6 nitrogen and oxygen atoms in total. The molecule has 0 saturated carbocycles. The minimum Gasteiger partial charge on any atom is -0.460 e. The Kier molecular flexibility index (Phi) is 5.35. The van der Waals surface area contributed by atoms with E-state index in [0.29, 0.717) is 12.8 Å². The Morgan fingerprint density at radius 2 is 1.85 bits per heavy atom. The van der Waals surface area contributed by atoms with Crippen LogP contribution in [0.4, 0.5) is 0 Å². The lowest BCUT2D eigenvalue weighted by molar-refractivity contribution is -0.148. The van der Waals surface area contributed by atoms with Crippen LogP contribution in [0.15, 0.2) is 59.5 Å². The summed E-state index contributed by atoms with van der Waals surface area (Å²) in [6.07, 6.45) is 0.973. The second kappa shape index (κ2) is 7.68. The van der Waals surface area contributed by atoms with Gasteiger partial charge >= 0.3 is 5.97 Å². The Morgan fingerprint density at radius 3 is 2.58 bits per heavy atom. The molecule has 0 amide bonds. The first-order chi connectivity index (χ1) is 12.5. The normalized spacial score (nSPS) is 17.6. The van der Waals surface area contributed by atoms with Gasteiger partial charge in [-0.25, -0.2) is 8.42 Å². The maximum atomic E-state index is 13.0. The van der Waals surface area contributed by atoms with Gasteiger partial charge in [-0.2, -0.15) is 9.57 Å². The highest BCUT2D eigenvalue weighted by Crippen LogP contribution is 2.28. The molecule has 7 heteroatoms. The highest BCUT2D eigenvalue weighted by atomic mass is 32.2. The summed E-state index contributed by atoms with van der Waals surface area (Å²) < 4.78 is 32.4. The molecule has 1 atom stereocenters. The molecule has 0 spiro atoms. The highest BCUT2D eigenvalue weighted by molar-refractivity contribution is 7.89. The monoisotopic (exact) mass is 370 g/mol. The second-order valence-electron chi connectivity index (χ2n) is 5.98. The SMILES string of the molecule is N#Cc1ccccc1S(=O)(=O)N1CCCC1C(=O)OCc1ccccc1. The molecule has 2 aromatic rings. The fourth-order valence-corrected chi connectivity index (χ4v) is 4.79. The number of carbonyl (C=O) groups excluding carboxylic acids is 1. The number of hydrogen-bond donors (Lipinski definition) is 0. The van der Waals surface area contributed by atoms with Gasteiger partial charge in [0.2, 0.25) is 10.0 Å². The van der Waals surface area contributed by atoms with E-state index in [4.69, 9.17) is 4.74 Å². The van der Waals surface area contributed by atoms with Gasteiger partial charge in [-0.15, -0.1) is 0 Å². The molecule has 1 heterocycles. The van der Waals surface area contributed by atoms with Crippen LogP contribution in [0, 0.1) is 11.3 Å². The molecule has 0 N–H and O–H groups in total. The van der Waals surface area contributed by atoms with Crippen LogP contribution in [0.3, 0.4) is 0 Å². The molecule has 1 unspecified atom stereocenters. The van der Waals surface area contributed by atoms with E-state index in [-0.39, 0.29) is 23.6 Å². The van der Waals surface area contributed by atoms with Gasteiger partial charge in [0.25, 0.3) is 0 Å². The largest absolute Gasteiger partial charge is 0.460 e. The summed E-state index contributed by atoms with van der Waals surface area (Å²) in [5.74, 6) is -0.565. The van der Waals surface area contributed by atoms with Gasteiger partial charge < -0.3 is 4.74 Å². The minimum atomic E-state index is -3.95. The maximum absolute atomic E-state index is 13.0. The Hall–Kier alpha value is -2.69. The summed E-state index contributed by atoms with van der Waals surface area (Å²) >= 11 is 0. The fraction of sp³-hybridized carbons (Fsp3) is 0.263. The van der Waals surface area contributed by atoms with E-state index in [1.165, 1.54) is 12.1 Å². The van der Waals surface area contributed by atoms with Crippen molar-refractivity contribution in [3.05, 3.63) is 65.7 Å². The molecule has 1 fully saturated rings. The summed E-state index contributed by atoms with van der Waals surface area (Å²) in [7, 11) is -3.95. The molecule has 2 aromatic carbocycles. The zero-order valence-corrected chi connectivity index (χ0v) is 14.9. The van der Waals surface area contributed by atoms with E-state index < -0.39 is 22.0 Å². The third kappa shape index (κ3) is 3.62. The van der Waals surface area contributed by atoms with Crippen LogP contribution in [0.25, 0.3) is 0 Å². The molecule has 1 aliphatic heterocycles. The molecule has 134 valence electrons. The third-order valence-electron chi connectivity index (χ3n) is 4.29. The van der Waals surface area contributed by atoms with Crippen LogP contribution in [0.5, 0.6) is 0 Å². The predicted octanol–water partition coefficient (Wildman–Crippen LogP) is 2.45. The molecule has 3 rings (SSSR count). The van der Waals surface area contributed by atoms with Crippen molar-refractivity contribution in [2.24, 2.45) is 0 Å². The van der Waals surface area contributed by atoms with E-state index in [0.717, 1.165) is 9.87 Å². The lowest BCUT2D eigenvalue weighted by atomic mass is 10.2. The summed E-state index contributed by atoms with van der Waals surface area (Å²) in [5.41, 5.74) is 0.902. The fourth-order valence-electron chi connectivity index (χ4n) is 3.00. The topological polar surface area (TPSA) is 87.5 Å². The van der Waals surface area contributed by atoms with Crippen molar-refractivity contribution in [3.8, 4) is 6.07 Å². The first-order valence-electron chi connectivity index (χ1n) is 8.25. The van der Waals surface area contributed by atoms with Crippen LogP contribution < -0.4 is 0 Å². The van der Waals surface area contributed by atoms with Crippen molar-refractivity contribution in [3.63, 3.8) is 0 Å². The van der Waals surface area contributed by atoms with E-state index in [1.54, 1.807) is 12.1 Å². The lowest BCUT2D eigenvalue weighted by Crippen LogP contribution is -2.41. The van der Waals surface area contributed by atoms with E-state index in [9.17, 15) is 18.5 Å². The highest BCUT2D eigenvalue weighted by Gasteiger charge is 2.41. The van der Waals surface area contributed by atoms with Crippen LogP contribution in [-0.4, -0.2) is 31.3 Å². The quantitative estimate of drug-likeness (QED) is 0.755. The Morgan fingerprint density at radius 1 is 1.15 bits per heavy atom. The molecule has 0 aromatic heterocycles. The molecule has 0 radical (unpaired) electrons. The zero-order chi connectivity index (χ0) is 18.6. The van der Waals surface area contributed by atoms with Gasteiger partial charge in [-0.1, -0.05) is 42.5 Å². The Labute approximate surface area is 152 Å². The van der Waals surface area contributed by atoms with Crippen LogP contribution in [0.1, 0.15) is 24.0 Å². The Bertz CT molecular complexity index is 936. The third-order valence-corrected chi connectivity index (χ3v) is 6.26. The molecule has 1 saturated heterocycles. The van der Waals surface area contributed by atoms with Gasteiger partial charge in [-0.3, -0.25) is 4.79 Å². The summed E-state index contributed by atoms with van der Waals surface area (Å²) in [6.45, 7) is 0.325. The van der Waals surface area contributed by atoms with Crippen molar-refractivity contribution < 1.29 is 17.9 Å². The van der Waals surface area contributed by atoms with E-state index >= 15 is 0 Å². The van der Waals surface area contributed by atoms with Crippen LogP contribution >= 0.6 is 0 Å². The first kappa shape index (κ1) is 18.1. The van der Waals surface area contributed by atoms with Crippen molar-refractivity contribution in [1.82, 2.24) is 4.31 Å². The molecule has 0 aliphatic carbocycles. The standard InChI is InChI=1S/C19H18N2O4S/c20-13-16-9-4-5-11-18(16)26(23,24)21-12-6-10-17(21)19(22)25-14-15-7-2-1-3-8-15/h1-5,7-9,11,17H,6,10,12,14H2. The van der Waals surface area contributed by atoms with Crippen molar-refractivity contribution in [2.45, 2.75) is 30.4 Å². The number of nitrogens with zero attached hydrogens (tertiary/aromatic N) is 2. The summed E-state index contributed by atoms with van der Waals surface area (Å²) in [6, 6.07) is 16.2. The van der Waals surface area contributed by atoms with E-state index in [2.05, 4.69) is 0 Å². The maximum Gasteiger partial charge on any atom is 0.324 e. The van der Waals surface area contributed by atoms with Gasteiger partial charge in [0.1, 0.15) is 18.7 Å². The van der Waals surface area contributed by atoms with Gasteiger partial charge in [0, 0.05) is 6.54 Å². The summed E-state index contributed by atoms with van der Waals surface area (Å²) in [5, 5.41) is 9.19. The van der Waals surface area contributed by atoms with Crippen molar-refractivity contribution in [1.29, 1.82) is 5.26 Å². The lowest BCUT2D eigenvalue weighted by Gasteiger charge is -2.23. The Balaban J connectivity index is 1.79. The first-order valence-corrected chi connectivity index (χ1v) is 9.69. The smallest absolute Gasteiger partial charge is 0.324 e. The molecular weight excluding hydrogens is 352 g/mol. The minimum absolute atomic E-state index is 0.0656. The summed E-state index contributed by atoms with van der Waals surface area (Å²) in [4.78, 5) is 12.4. The van der Waals surface area contributed by atoms with Crippen molar-refractivity contribution >= 4 is 16.0 Å². The van der Waals surface area contributed by atoms with Gasteiger partial charge in [0.05, 0.1) is 10.5 Å². The second-order valence-corrected chi connectivity index (χ2v) is 7.83. The average Bonchev–Trinajstić information content (AvgIpc) is 3.18. The van der Waals surface area contributed by atoms with E-state index in [1.807, 2.05) is 36.4 Å². The number of nitriles is 1. The number of rotatable bonds is 5. The molecular formula is C19H18N2O4S. The van der Waals surface area contributed by atoms with Gasteiger partial charge in [0.15, 0.2) is 0 Å². The number of sulfonamides is 1. The molecule has 1 aliphatic rings. The van der Waals surface area contributed by atoms with Crippen LogP contribution in [0.2, 0.25) is 0 Å². The zero-order valence-electron chi connectivity index (χ0n) is 14.0. The number of benzene rings is 2. The predicted molar refractivity (Wildman–Crippen MR) is 94.3 cm³/mol. The molecule has 26 heavy (non-hydrogen) atoms. The number of carbonyl (C=O) groups is 1. The average molecular weight is 370 g/mol. The number of ether oxygens (including phenoxy) is 1. The van der Waals surface area contributed by atoms with Crippen molar-refractivity contribution in [2.75, 3.05) is 6.54 Å². The van der Waals surface area contributed by atoms with Gasteiger partial charge in [-0.05, 0) is 30.5 Å².